The second-order valence-electron chi connectivity index (χ2n) is 3.17. The summed E-state index contributed by atoms with van der Waals surface area (Å²) in [6, 6.07) is 4.21. The highest BCUT2D eigenvalue weighted by Gasteiger charge is 2.08. The van der Waals surface area contributed by atoms with Gasteiger partial charge in [-0.15, -0.1) is 0 Å². The standard InChI is InChI=1S/C10H7Cl2FN4/c11-5-1-2-8(7(13)3-5)16-9-6(12)4-15-10(14)17-9/h1-4H,(H3,14,15,16,17). The fourth-order valence-corrected chi connectivity index (χ4v) is 1.48. The Morgan fingerprint density at radius 1 is 1.29 bits per heavy atom. The van der Waals surface area contributed by atoms with Crippen molar-refractivity contribution >= 4 is 40.7 Å². The normalized spacial score (nSPS) is 10.3. The molecule has 1 aromatic carbocycles. The van der Waals surface area contributed by atoms with Gasteiger partial charge in [0.1, 0.15) is 10.8 Å². The first-order valence-electron chi connectivity index (χ1n) is 4.56. The number of nitrogen functional groups attached to an aromatic ring is 1. The van der Waals surface area contributed by atoms with Gasteiger partial charge in [0.2, 0.25) is 5.95 Å². The molecule has 0 saturated heterocycles. The van der Waals surface area contributed by atoms with Gasteiger partial charge < -0.3 is 11.1 Å². The van der Waals surface area contributed by atoms with Crippen LogP contribution in [-0.2, 0) is 0 Å². The fraction of sp³-hybridized carbons (Fsp3) is 0. The summed E-state index contributed by atoms with van der Waals surface area (Å²) in [6.07, 6.45) is 1.33. The Balaban J connectivity index is 2.34. The van der Waals surface area contributed by atoms with Gasteiger partial charge in [0.15, 0.2) is 5.82 Å². The summed E-state index contributed by atoms with van der Waals surface area (Å²) in [7, 11) is 0. The molecule has 1 heterocycles. The highest BCUT2D eigenvalue weighted by Crippen LogP contribution is 2.26. The quantitative estimate of drug-likeness (QED) is 0.881. The highest BCUT2D eigenvalue weighted by atomic mass is 35.5. The smallest absolute Gasteiger partial charge is 0.222 e. The molecule has 0 amide bonds. The van der Waals surface area contributed by atoms with Crippen LogP contribution >= 0.6 is 23.2 Å². The van der Waals surface area contributed by atoms with E-state index in [1.807, 2.05) is 0 Å². The molecule has 0 bridgehead atoms. The Morgan fingerprint density at radius 3 is 2.76 bits per heavy atom. The minimum absolute atomic E-state index is 0.0475. The molecular weight excluding hydrogens is 266 g/mol. The zero-order valence-electron chi connectivity index (χ0n) is 8.42. The van der Waals surface area contributed by atoms with Crippen LogP contribution in [0.3, 0.4) is 0 Å². The SMILES string of the molecule is Nc1ncc(Cl)c(Nc2ccc(Cl)cc2F)n1. The summed E-state index contributed by atoms with van der Waals surface area (Å²) < 4.78 is 13.5. The van der Waals surface area contributed by atoms with Crippen molar-refractivity contribution in [3.8, 4) is 0 Å². The molecule has 0 aliphatic heterocycles. The lowest BCUT2D eigenvalue weighted by molar-refractivity contribution is 0.632. The molecule has 0 radical (unpaired) electrons. The predicted molar refractivity (Wildman–Crippen MR) is 66.1 cm³/mol. The molecule has 7 heteroatoms. The van der Waals surface area contributed by atoms with E-state index in [4.69, 9.17) is 28.9 Å². The van der Waals surface area contributed by atoms with Crippen LogP contribution in [-0.4, -0.2) is 9.97 Å². The van der Waals surface area contributed by atoms with Gasteiger partial charge in [0.25, 0.3) is 0 Å². The number of halogens is 3. The molecule has 88 valence electrons. The van der Waals surface area contributed by atoms with E-state index in [-0.39, 0.29) is 22.5 Å². The molecule has 1 aromatic heterocycles. The van der Waals surface area contributed by atoms with Crippen LogP contribution in [0, 0.1) is 5.82 Å². The molecule has 4 nitrogen and oxygen atoms in total. The second-order valence-corrected chi connectivity index (χ2v) is 4.02. The molecule has 0 aliphatic carbocycles. The zero-order valence-corrected chi connectivity index (χ0v) is 9.93. The van der Waals surface area contributed by atoms with E-state index in [0.29, 0.717) is 5.02 Å². The maximum absolute atomic E-state index is 13.5. The minimum Gasteiger partial charge on any atom is -0.368 e. The first kappa shape index (κ1) is 11.9. The van der Waals surface area contributed by atoms with Gasteiger partial charge in [-0.05, 0) is 18.2 Å². The van der Waals surface area contributed by atoms with E-state index in [1.54, 1.807) is 6.07 Å². The lowest BCUT2D eigenvalue weighted by Gasteiger charge is -2.08. The van der Waals surface area contributed by atoms with Gasteiger partial charge in [0, 0.05) is 5.02 Å². The third-order valence-corrected chi connectivity index (χ3v) is 2.46. The van der Waals surface area contributed by atoms with Gasteiger partial charge in [-0.2, -0.15) is 4.98 Å². The Bertz CT molecular complexity index is 562. The lowest BCUT2D eigenvalue weighted by Crippen LogP contribution is -2.01. The number of nitrogens with two attached hydrogens (primary N) is 1. The van der Waals surface area contributed by atoms with Gasteiger partial charge in [0.05, 0.1) is 11.9 Å². The van der Waals surface area contributed by atoms with Crippen LogP contribution < -0.4 is 11.1 Å². The average Bonchev–Trinajstić information content (AvgIpc) is 2.27. The van der Waals surface area contributed by atoms with Gasteiger partial charge in [-0.1, -0.05) is 23.2 Å². The van der Waals surface area contributed by atoms with E-state index in [1.165, 1.54) is 18.3 Å². The molecule has 3 N–H and O–H groups in total. The third kappa shape index (κ3) is 2.75. The Morgan fingerprint density at radius 2 is 2.06 bits per heavy atom. The second kappa shape index (κ2) is 4.73. The number of nitrogens with zero attached hydrogens (tertiary/aromatic N) is 2. The van der Waals surface area contributed by atoms with Gasteiger partial charge in [-0.3, -0.25) is 0 Å². The number of rotatable bonds is 2. The van der Waals surface area contributed by atoms with Crippen LogP contribution in [0.2, 0.25) is 10.0 Å². The number of benzene rings is 1. The number of nitrogens with one attached hydrogen (secondary N) is 1. The van der Waals surface area contributed by atoms with Crippen LogP contribution in [0.25, 0.3) is 0 Å². The van der Waals surface area contributed by atoms with Crippen LogP contribution in [0.5, 0.6) is 0 Å². The zero-order chi connectivity index (χ0) is 12.4. The Labute approximate surface area is 107 Å². The number of hydrogen-bond acceptors (Lipinski definition) is 4. The summed E-state index contributed by atoms with van der Waals surface area (Å²) in [5.74, 6) is -0.225. The molecule has 0 atom stereocenters. The monoisotopic (exact) mass is 272 g/mol. The highest BCUT2D eigenvalue weighted by molar-refractivity contribution is 6.33. The number of aromatic nitrogens is 2. The molecule has 0 aliphatic rings. The van der Waals surface area contributed by atoms with Crippen molar-refractivity contribution in [2.75, 3.05) is 11.1 Å². The van der Waals surface area contributed by atoms with E-state index in [2.05, 4.69) is 15.3 Å². The first-order valence-corrected chi connectivity index (χ1v) is 5.32. The Hall–Kier alpha value is -1.59. The van der Waals surface area contributed by atoms with E-state index in [0.717, 1.165) is 0 Å². The first-order chi connectivity index (χ1) is 8.06. The van der Waals surface area contributed by atoms with Crippen molar-refractivity contribution in [1.29, 1.82) is 0 Å². The van der Waals surface area contributed by atoms with Crippen molar-refractivity contribution < 1.29 is 4.39 Å². The molecule has 0 spiro atoms. The van der Waals surface area contributed by atoms with Gasteiger partial charge >= 0.3 is 0 Å². The molecule has 2 aromatic rings. The minimum atomic E-state index is -0.509. The van der Waals surface area contributed by atoms with Crippen molar-refractivity contribution in [2.45, 2.75) is 0 Å². The van der Waals surface area contributed by atoms with Crippen molar-refractivity contribution in [3.05, 3.63) is 40.3 Å². The average molecular weight is 273 g/mol. The van der Waals surface area contributed by atoms with Crippen molar-refractivity contribution in [2.24, 2.45) is 0 Å². The number of hydrogen-bond donors (Lipinski definition) is 2. The van der Waals surface area contributed by atoms with Crippen LogP contribution in [0.1, 0.15) is 0 Å². The molecule has 0 saturated carbocycles. The number of anilines is 3. The van der Waals surface area contributed by atoms with Crippen molar-refractivity contribution in [3.63, 3.8) is 0 Å². The van der Waals surface area contributed by atoms with Crippen LogP contribution in [0.4, 0.5) is 21.8 Å². The summed E-state index contributed by atoms with van der Waals surface area (Å²) >= 11 is 11.5. The molecule has 0 unspecified atom stereocenters. The topological polar surface area (TPSA) is 63.8 Å². The van der Waals surface area contributed by atoms with Crippen molar-refractivity contribution in [1.82, 2.24) is 9.97 Å². The molecular formula is C10H7Cl2FN4. The van der Waals surface area contributed by atoms with E-state index < -0.39 is 5.82 Å². The lowest BCUT2D eigenvalue weighted by atomic mass is 10.3. The summed E-state index contributed by atoms with van der Waals surface area (Å²) in [4.78, 5) is 7.55. The maximum Gasteiger partial charge on any atom is 0.222 e. The van der Waals surface area contributed by atoms with Crippen LogP contribution in [0.15, 0.2) is 24.4 Å². The summed E-state index contributed by atoms with van der Waals surface area (Å²) in [5, 5.41) is 3.26. The van der Waals surface area contributed by atoms with E-state index in [9.17, 15) is 4.39 Å². The fourth-order valence-electron chi connectivity index (χ4n) is 1.19. The molecule has 0 fully saturated rings. The molecule has 17 heavy (non-hydrogen) atoms. The third-order valence-electron chi connectivity index (χ3n) is 1.95. The molecule has 2 rings (SSSR count). The summed E-state index contributed by atoms with van der Waals surface area (Å²) in [6.45, 7) is 0. The predicted octanol–water partition coefficient (Wildman–Crippen LogP) is 3.25. The van der Waals surface area contributed by atoms with Gasteiger partial charge in [-0.25, -0.2) is 9.37 Å². The van der Waals surface area contributed by atoms with E-state index >= 15 is 0 Å². The Kier molecular flexibility index (Phi) is 3.31. The largest absolute Gasteiger partial charge is 0.368 e. The summed E-state index contributed by atoms with van der Waals surface area (Å²) in [5.41, 5.74) is 5.61. The maximum atomic E-state index is 13.5.